The molecule has 33 heavy (non-hydrogen) atoms. The van der Waals surface area contributed by atoms with Gasteiger partial charge in [-0.1, -0.05) is 6.07 Å². The van der Waals surface area contributed by atoms with Crippen LogP contribution in [0.5, 0.6) is 0 Å². The van der Waals surface area contributed by atoms with E-state index in [2.05, 4.69) is 20.9 Å². The van der Waals surface area contributed by atoms with Crippen molar-refractivity contribution in [2.24, 2.45) is 0 Å². The number of likely N-dealkylation sites (N-methyl/N-ethyl adjacent to an activating group) is 2. The van der Waals surface area contributed by atoms with Crippen molar-refractivity contribution in [3.8, 4) is 0 Å². The van der Waals surface area contributed by atoms with Gasteiger partial charge in [-0.3, -0.25) is 9.78 Å². The van der Waals surface area contributed by atoms with E-state index in [0.717, 1.165) is 5.69 Å². The minimum Gasteiger partial charge on any atom is -0.390 e. The van der Waals surface area contributed by atoms with Crippen LogP contribution in [-0.2, 0) is 25.4 Å². The number of rotatable bonds is 6. The zero-order valence-electron chi connectivity index (χ0n) is 19.0. The first-order valence-corrected chi connectivity index (χ1v) is 11.4. The molecule has 1 amide bonds. The fraction of sp³-hybridized carbons (Fsp3) is 0.727. The van der Waals surface area contributed by atoms with Gasteiger partial charge in [-0.25, -0.2) is 0 Å². The van der Waals surface area contributed by atoms with Crippen molar-refractivity contribution in [3.63, 3.8) is 0 Å². The molecule has 1 aromatic rings. The summed E-state index contributed by atoms with van der Waals surface area (Å²) in [5, 5.41) is 41.9. The average Bonchev–Trinajstić information content (AvgIpc) is 2.79. The second-order valence-corrected chi connectivity index (χ2v) is 9.00. The molecule has 1 aromatic heterocycles. The fourth-order valence-electron chi connectivity index (χ4n) is 5.07. The third kappa shape index (κ3) is 4.64. The number of aryl methyl sites for hydroxylation is 1. The molecule has 3 aliphatic rings. The standard InChI is InChI=1S/C22H34N4O7/c1-11-10-13(26-14(27)8-7-12-6-4-5-9-25-12)22(30)21(31-11)32-20-18(29)15(23-2)17(28)16(24-3)19(20)33-22/h4-6,9,11,13,15-21,23-24,28-30H,7-8,10H2,1-3H3,(H,26,27)/t11-,13-,15-,16+,17+,18-,19?,20?,21?,22+/m1/s1. The number of fused-ring (bicyclic) bond motifs is 2. The summed E-state index contributed by atoms with van der Waals surface area (Å²) in [6.45, 7) is 1.82. The first-order chi connectivity index (χ1) is 15.8. The lowest BCUT2D eigenvalue weighted by Crippen LogP contribution is -2.79. The van der Waals surface area contributed by atoms with E-state index < -0.39 is 54.6 Å². The first-order valence-electron chi connectivity index (χ1n) is 11.4. The van der Waals surface area contributed by atoms with Crippen molar-refractivity contribution in [1.82, 2.24) is 20.9 Å². The van der Waals surface area contributed by atoms with Crippen LogP contribution in [0, 0.1) is 0 Å². The number of pyridine rings is 1. The molecular formula is C22H34N4O7. The second-order valence-electron chi connectivity index (χ2n) is 9.00. The van der Waals surface area contributed by atoms with Gasteiger partial charge in [0.1, 0.15) is 18.3 Å². The topological polar surface area (TPSA) is 154 Å². The second kappa shape index (κ2) is 9.88. The van der Waals surface area contributed by atoms with Gasteiger partial charge in [0.15, 0.2) is 0 Å². The Morgan fingerprint density at radius 1 is 1.15 bits per heavy atom. The number of ether oxygens (including phenoxy) is 3. The lowest BCUT2D eigenvalue weighted by Gasteiger charge is -2.58. The molecule has 3 heterocycles. The zero-order chi connectivity index (χ0) is 23.8. The molecule has 11 heteroatoms. The summed E-state index contributed by atoms with van der Waals surface area (Å²) in [6.07, 6.45) is -2.77. The quantitative estimate of drug-likeness (QED) is 0.278. The van der Waals surface area contributed by atoms with Gasteiger partial charge in [0.05, 0.1) is 30.3 Å². The Bertz CT molecular complexity index is 817. The lowest BCUT2D eigenvalue weighted by atomic mass is 9.79. The molecule has 0 spiro atoms. The Kier molecular flexibility index (Phi) is 7.32. The Labute approximate surface area is 192 Å². The fourth-order valence-corrected chi connectivity index (χ4v) is 5.07. The molecule has 1 aliphatic carbocycles. The molecule has 0 bridgehead atoms. The normalized spacial score (nSPS) is 42.8. The Morgan fingerprint density at radius 2 is 1.91 bits per heavy atom. The van der Waals surface area contributed by atoms with Crippen LogP contribution >= 0.6 is 0 Å². The maximum absolute atomic E-state index is 12.7. The van der Waals surface area contributed by atoms with Crippen LogP contribution in [0.1, 0.15) is 25.5 Å². The molecule has 2 saturated heterocycles. The van der Waals surface area contributed by atoms with Crippen LogP contribution in [0.15, 0.2) is 24.4 Å². The summed E-state index contributed by atoms with van der Waals surface area (Å²) in [7, 11) is 3.30. The molecule has 11 nitrogen and oxygen atoms in total. The number of hydrogen-bond donors (Lipinski definition) is 6. The van der Waals surface area contributed by atoms with E-state index >= 15 is 0 Å². The summed E-state index contributed by atoms with van der Waals surface area (Å²) >= 11 is 0. The van der Waals surface area contributed by atoms with Crippen molar-refractivity contribution in [2.75, 3.05) is 14.1 Å². The number of aliphatic hydroxyl groups excluding tert-OH is 2. The summed E-state index contributed by atoms with van der Waals surface area (Å²) in [5.41, 5.74) is 0.797. The van der Waals surface area contributed by atoms with Crippen LogP contribution in [0.2, 0.25) is 0 Å². The van der Waals surface area contributed by atoms with Crippen molar-refractivity contribution >= 4 is 5.91 Å². The minimum atomic E-state index is -1.99. The maximum atomic E-state index is 12.7. The number of aliphatic hydroxyl groups is 3. The molecule has 6 N–H and O–H groups in total. The minimum absolute atomic E-state index is 0.191. The van der Waals surface area contributed by atoms with Crippen LogP contribution in [0.4, 0.5) is 0 Å². The van der Waals surface area contributed by atoms with Crippen LogP contribution in [0.3, 0.4) is 0 Å². The number of hydrogen-bond acceptors (Lipinski definition) is 10. The molecule has 1 saturated carbocycles. The first kappa shape index (κ1) is 24.4. The molecule has 3 fully saturated rings. The van der Waals surface area contributed by atoms with E-state index in [0.29, 0.717) is 12.8 Å². The van der Waals surface area contributed by atoms with Crippen molar-refractivity contribution in [1.29, 1.82) is 0 Å². The zero-order valence-corrected chi connectivity index (χ0v) is 19.0. The highest BCUT2D eigenvalue weighted by atomic mass is 16.8. The van der Waals surface area contributed by atoms with Gasteiger partial charge in [-0.2, -0.15) is 0 Å². The van der Waals surface area contributed by atoms with Gasteiger partial charge in [-0.05, 0) is 46.0 Å². The van der Waals surface area contributed by atoms with Crippen molar-refractivity contribution in [3.05, 3.63) is 30.1 Å². The highest BCUT2D eigenvalue weighted by molar-refractivity contribution is 5.76. The molecule has 3 unspecified atom stereocenters. The SMILES string of the molecule is CN[C@@H]1[C@H](O)[C@H](NC)C2O[C@]3(O)C(OC2[C@@H]1O)O[C@H](C)C[C@H]3NC(=O)CCc1ccccn1. The Hall–Kier alpha value is -1.70. The van der Waals surface area contributed by atoms with Gasteiger partial charge in [0, 0.05) is 18.3 Å². The Balaban J connectivity index is 1.51. The van der Waals surface area contributed by atoms with Crippen molar-refractivity contribution < 1.29 is 34.3 Å². The van der Waals surface area contributed by atoms with Gasteiger partial charge >= 0.3 is 0 Å². The summed E-state index contributed by atoms with van der Waals surface area (Å²) in [5.74, 6) is -2.25. The van der Waals surface area contributed by atoms with E-state index in [9.17, 15) is 20.1 Å². The highest BCUT2D eigenvalue weighted by Gasteiger charge is 2.63. The lowest BCUT2D eigenvalue weighted by molar-refractivity contribution is -0.449. The summed E-state index contributed by atoms with van der Waals surface area (Å²) < 4.78 is 18.0. The summed E-state index contributed by atoms with van der Waals surface area (Å²) in [4.78, 5) is 16.9. The highest BCUT2D eigenvalue weighted by Crippen LogP contribution is 2.41. The molecular weight excluding hydrogens is 432 g/mol. The molecule has 0 radical (unpaired) electrons. The number of carbonyl (C=O) groups is 1. The third-order valence-electron chi connectivity index (χ3n) is 6.82. The van der Waals surface area contributed by atoms with Crippen LogP contribution in [-0.4, -0.2) is 101 Å². The molecule has 10 atom stereocenters. The van der Waals surface area contributed by atoms with Gasteiger partial charge in [0.2, 0.25) is 18.0 Å². The maximum Gasteiger partial charge on any atom is 0.239 e. The Morgan fingerprint density at radius 3 is 2.58 bits per heavy atom. The van der Waals surface area contributed by atoms with Gasteiger partial charge < -0.3 is 45.5 Å². The molecule has 4 rings (SSSR count). The van der Waals surface area contributed by atoms with Gasteiger partial charge in [-0.15, -0.1) is 0 Å². The summed E-state index contributed by atoms with van der Waals surface area (Å²) in [6, 6.07) is 3.41. The average molecular weight is 467 g/mol. The number of carbonyl (C=O) groups excluding carboxylic acids is 1. The van der Waals surface area contributed by atoms with E-state index in [-0.39, 0.29) is 18.4 Å². The van der Waals surface area contributed by atoms with E-state index in [1.165, 1.54) is 0 Å². The third-order valence-corrected chi connectivity index (χ3v) is 6.82. The van der Waals surface area contributed by atoms with Crippen LogP contribution < -0.4 is 16.0 Å². The van der Waals surface area contributed by atoms with E-state index in [1.807, 2.05) is 25.1 Å². The van der Waals surface area contributed by atoms with Crippen molar-refractivity contribution in [2.45, 2.75) is 86.9 Å². The predicted molar refractivity (Wildman–Crippen MR) is 116 cm³/mol. The van der Waals surface area contributed by atoms with E-state index in [4.69, 9.17) is 14.2 Å². The molecule has 2 aliphatic heterocycles. The molecule has 184 valence electrons. The number of nitrogens with zero attached hydrogens (tertiary/aromatic N) is 1. The smallest absolute Gasteiger partial charge is 0.239 e. The van der Waals surface area contributed by atoms with Crippen LogP contribution in [0.25, 0.3) is 0 Å². The molecule has 0 aromatic carbocycles. The van der Waals surface area contributed by atoms with Gasteiger partial charge in [0.25, 0.3) is 0 Å². The number of amides is 1. The number of nitrogens with one attached hydrogen (secondary N) is 3. The largest absolute Gasteiger partial charge is 0.390 e. The number of aromatic nitrogens is 1. The predicted octanol–water partition coefficient (Wildman–Crippen LogP) is -1.98. The van der Waals surface area contributed by atoms with E-state index in [1.54, 1.807) is 20.3 Å². The monoisotopic (exact) mass is 466 g/mol.